The van der Waals surface area contributed by atoms with Crippen molar-refractivity contribution in [3.63, 3.8) is 0 Å². The van der Waals surface area contributed by atoms with Gasteiger partial charge in [0.1, 0.15) is 5.75 Å². The first kappa shape index (κ1) is 17.8. The van der Waals surface area contributed by atoms with Gasteiger partial charge >= 0.3 is 5.97 Å². The number of benzene rings is 1. The highest BCUT2D eigenvalue weighted by Crippen LogP contribution is 2.17. The summed E-state index contributed by atoms with van der Waals surface area (Å²) in [7, 11) is 3.66. The highest BCUT2D eigenvalue weighted by Gasteiger charge is 2.05. The van der Waals surface area contributed by atoms with Crippen molar-refractivity contribution in [2.45, 2.75) is 20.0 Å². The van der Waals surface area contributed by atoms with Crippen molar-refractivity contribution in [2.24, 2.45) is 7.05 Å². The molecule has 1 aromatic carbocycles. The van der Waals surface area contributed by atoms with Crippen LogP contribution in [-0.4, -0.2) is 24.3 Å². The van der Waals surface area contributed by atoms with Crippen molar-refractivity contribution in [1.82, 2.24) is 9.88 Å². The normalized spacial score (nSPS) is 11.0. The smallest absolute Gasteiger partial charge is 0.330 e. The molecule has 5 nitrogen and oxygen atoms in total. The van der Waals surface area contributed by atoms with Crippen LogP contribution >= 0.6 is 0 Å². The fraction of sp³-hybridized carbons (Fsp3) is 0.316. The fourth-order valence-corrected chi connectivity index (χ4v) is 2.43. The Kier molecular flexibility index (Phi) is 6.63. The Morgan fingerprint density at radius 1 is 1.21 bits per heavy atom. The highest BCUT2D eigenvalue weighted by molar-refractivity contribution is 5.86. The summed E-state index contributed by atoms with van der Waals surface area (Å²) in [4.78, 5) is 11.4. The number of hydrogen-bond acceptors (Lipinski definition) is 4. The van der Waals surface area contributed by atoms with Crippen LogP contribution in [0, 0.1) is 0 Å². The summed E-state index contributed by atoms with van der Waals surface area (Å²) < 4.78 is 12.3. The second-order valence-electron chi connectivity index (χ2n) is 5.31. The zero-order valence-electron chi connectivity index (χ0n) is 14.4. The van der Waals surface area contributed by atoms with Gasteiger partial charge in [0, 0.05) is 43.2 Å². The molecule has 2 aromatic rings. The summed E-state index contributed by atoms with van der Waals surface area (Å²) in [5.41, 5.74) is 3.21. The largest absolute Gasteiger partial charge is 0.496 e. The summed E-state index contributed by atoms with van der Waals surface area (Å²) in [5.74, 6) is 0.560. The number of carbonyl (C=O) groups excluding carboxylic acids is 1. The molecule has 0 aliphatic heterocycles. The van der Waals surface area contributed by atoms with Crippen molar-refractivity contribution >= 4 is 12.0 Å². The highest BCUT2D eigenvalue weighted by atomic mass is 16.5. The van der Waals surface area contributed by atoms with Gasteiger partial charge < -0.3 is 19.4 Å². The molecule has 0 spiro atoms. The average molecular weight is 328 g/mol. The number of ether oxygens (including phenoxy) is 2. The Morgan fingerprint density at radius 2 is 2.00 bits per heavy atom. The molecular formula is C19H24N2O3. The lowest BCUT2D eigenvalue weighted by Crippen LogP contribution is -2.15. The number of para-hydroxylation sites is 1. The van der Waals surface area contributed by atoms with Crippen LogP contribution < -0.4 is 10.1 Å². The molecule has 0 fully saturated rings. The maximum absolute atomic E-state index is 11.4. The summed E-state index contributed by atoms with van der Waals surface area (Å²) in [6.07, 6.45) is 3.21. The zero-order chi connectivity index (χ0) is 17.4. The Bertz CT molecular complexity index is 704. The van der Waals surface area contributed by atoms with Gasteiger partial charge in [-0.15, -0.1) is 0 Å². The number of aromatic nitrogens is 1. The molecule has 0 amide bonds. The molecule has 1 heterocycles. The van der Waals surface area contributed by atoms with E-state index in [1.165, 1.54) is 6.08 Å². The van der Waals surface area contributed by atoms with Crippen molar-refractivity contribution in [1.29, 1.82) is 0 Å². The van der Waals surface area contributed by atoms with E-state index in [0.29, 0.717) is 6.61 Å². The van der Waals surface area contributed by atoms with E-state index in [1.807, 2.05) is 48.0 Å². The quantitative estimate of drug-likeness (QED) is 0.598. The second-order valence-corrected chi connectivity index (χ2v) is 5.31. The SMILES string of the molecule is CCOC(=O)/C=C/c1ccc(CNCc2ccccc2OC)n1C. The molecule has 0 radical (unpaired) electrons. The van der Waals surface area contributed by atoms with E-state index in [0.717, 1.165) is 35.8 Å². The Hall–Kier alpha value is -2.53. The van der Waals surface area contributed by atoms with E-state index in [4.69, 9.17) is 9.47 Å². The van der Waals surface area contributed by atoms with Gasteiger partial charge in [-0.25, -0.2) is 4.79 Å². The standard InChI is InChI=1S/C19H24N2O3/c1-4-24-19(22)12-11-16-9-10-17(21(16)2)14-20-13-15-7-5-6-8-18(15)23-3/h5-12,20H,4,13-14H2,1-3H3/b12-11+. The van der Waals surface area contributed by atoms with E-state index in [-0.39, 0.29) is 5.97 Å². The molecule has 0 unspecified atom stereocenters. The summed E-state index contributed by atoms with van der Waals surface area (Å²) in [6.45, 7) is 3.62. The molecular weight excluding hydrogens is 304 g/mol. The van der Waals surface area contributed by atoms with Crippen LogP contribution in [0.2, 0.25) is 0 Å². The number of hydrogen-bond donors (Lipinski definition) is 1. The van der Waals surface area contributed by atoms with Crippen LogP contribution in [0.3, 0.4) is 0 Å². The molecule has 1 N–H and O–H groups in total. The molecule has 0 atom stereocenters. The predicted octanol–water partition coefficient (Wildman–Crippen LogP) is 2.90. The minimum atomic E-state index is -0.324. The van der Waals surface area contributed by atoms with E-state index >= 15 is 0 Å². The third-order valence-electron chi connectivity index (χ3n) is 3.76. The van der Waals surface area contributed by atoms with E-state index in [1.54, 1.807) is 20.1 Å². The minimum Gasteiger partial charge on any atom is -0.496 e. The first-order valence-electron chi connectivity index (χ1n) is 7.97. The summed E-state index contributed by atoms with van der Waals surface area (Å²) in [6, 6.07) is 12.0. The van der Waals surface area contributed by atoms with Crippen molar-refractivity contribution in [3.05, 3.63) is 59.4 Å². The summed E-state index contributed by atoms with van der Waals surface area (Å²) in [5, 5.41) is 3.42. The number of nitrogens with one attached hydrogen (secondary N) is 1. The summed E-state index contributed by atoms with van der Waals surface area (Å²) >= 11 is 0. The zero-order valence-corrected chi connectivity index (χ0v) is 14.4. The van der Waals surface area contributed by atoms with Crippen LogP contribution in [0.1, 0.15) is 23.9 Å². The first-order valence-corrected chi connectivity index (χ1v) is 7.97. The molecule has 0 bridgehead atoms. The van der Waals surface area contributed by atoms with Gasteiger partial charge in [0.2, 0.25) is 0 Å². The van der Waals surface area contributed by atoms with E-state index < -0.39 is 0 Å². The molecule has 0 saturated heterocycles. The van der Waals surface area contributed by atoms with Crippen LogP contribution in [0.15, 0.2) is 42.5 Å². The van der Waals surface area contributed by atoms with Gasteiger partial charge in [-0.05, 0) is 31.2 Å². The van der Waals surface area contributed by atoms with Gasteiger partial charge in [-0.3, -0.25) is 0 Å². The lowest BCUT2D eigenvalue weighted by molar-refractivity contribution is -0.137. The maximum Gasteiger partial charge on any atom is 0.330 e. The number of carbonyl (C=O) groups is 1. The average Bonchev–Trinajstić information content (AvgIpc) is 2.94. The topological polar surface area (TPSA) is 52.5 Å². The molecule has 5 heteroatoms. The number of rotatable bonds is 8. The monoisotopic (exact) mass is 328 g/mol. The van der Waals surface area contributed by atoms with Gasteiger partial charge in [0.05, 0.1) is 13.7 Å². The van der Waals surface area contributed by atoms with Crippen LogP contribution in [0.25, 0.3) is 6.08 Å². The molecule has 2 rings (SSSR count). The molecule has 24 heavy (non-hydrogen) atoms. The number of esters is 1. The molecule has 0 aliphatic carbocycles. The molecule has 0 saturated carbocycles. The van der Waals surface area contributed by atoms with E-state index in [2.05, 4.69) is 5.32 Å². The van der Waals surface area contributed by atoms with Gasteiger partial charge in [0.15, 0.2) is 0 Å². The Labute approximate surface area is 142 Å². The van der Waals surface area contributed by atoms with Crippen molar-refractivity contribution < 1.29 is 14.3 Å². The van der Waals surface area contributed by atoms with Gasteiger partial charge in [0.25, 0.3) is 0 Å². The third-order valence-corrected chi connectivity index (χ3v) is 3.76. The number of nitrogens with zero attached hydrogens (tertiary/aromatic N) is 1. The lowest BCUT2D eigenvalue weighted by Gasteiger charge is -2.10. The third kappa shape index (κ3) is 4.73. The van der Waals surface area contributed by atoms with Crippen molar-refractivity contribution in [3.8, 4) is 5.75 Å². The Morgan fingerprint density at radius 3 is 2.75 bits per heavy atom. The molecule has 1 aromatic heterocycles. The second kappa shape index (κ2) is 8.93. The first-order chi connectivity index (χ1) is 11.7. The molecule has 128 valence electrons. The predicted molar refractivity (Wildman–Crippen MR) is 94.6 cm³/mol. The van der Waals surface area contributed by atoms with Crippen LogP contribution in [0.5, 0.6) is 5.75 Å². The van der Waals surface area contributed by atoms with Crippen LogP contribution in [-0.2, 0) is 29.7 Å². The molecule has 0 aliphatic rings. The Balaban J connectivity index is 1.93. The van der Waals surface area contributed by atoms with Crippen molar-refractivity contribution in [2.75, 3.05) is 13.7 Å². The number of methoxy groups -OCH3 is 1. The van der Waals surface area contributed by atoms with Gasteiger partial charge in [-0.2, -0.15) is 0 Å². The minimum absolute atomic E-state index is 0.324. The van der Waals surface area contributed by atoms with E-state index in [9.17, 15) is 4.79 Å². The fourth-order valence-electron chi connectivity index (χ4n) is 2.43. The maximum atomic E-state index is 11.4. The van der Waals surface area contributed by atoms with Gasteiger partial charge in [-0.1, -0.05) is 18.2 Å². The van der Waals surface area contributed by atoms with Crippen LogP contribution in [0.4, 0.5) is 0 Å². The lowest BCUT2D eigenvalue weighted by atomic mass is 10.2.